The molecule has 0 aromatic rings. The summed E-state index contributed by atoms with van der Waals surface area (Å²) in [6.07, 6.45) is 1.84. The smallest absolute Gasteiger partial charge is 0.158 e. The van der Waals surface area contributed by atoms with Gasteiger partial charge in [0.05, 0.1) is 58.3 Å². The van der Waals surface area contributed by atoms with Gasteiger partial charge >= 0.3 is 0 Å². The molecular weight excluding hydrogens is 326 g/mol. The van der Waals surface area contributed by atoms with Crippen LogP contribution in [0.4, 0.5) is 0 Å². The van der Waals surface area contributed by atoms with E-state index in [1.54, 1.807) is 12.2 Å². The standard InChI is InChI=1S/C17H33N3O5/c1-3-9-24-13-15(21)11-17(12-16(22)14-25-10-4-2)19-6-8-20(17,23)7-5-18/h3-4,15-16,19,21-22H,1-2,5-14,18H2. The van der Waals surface area contributed by atoms with E-state index in [0.29, 0.717) is 26.3 Å². The highest BCUT2D eigenvalue weighted by Gasteiger charge is 2.51. The van der Waals surface area contributed by atoms with Crippen molar-refractivity contribution in [1.29, 1.82) is 0 Å². The molecule has 3 atom stereocenters. The number of aliphatic hydroxyl groups is 2. The summed E-state index contributed by atoms with van der Waals surface area (Å²) in [4.78, 5) is 0. The summed E-state index contributed by atoms with van der Waals surface area (Å²) in [6.45, 7) is 9.27. The molecule has 8 heteroatoms. The fourth-order valence-electron chi connectivity index (χ4n) is 3.39. The number of rotatable bonds is 14. The van der Waals surface area contributed by atoms with Crippen molar-refractivity contribution in [2.45, 2.75) is 30.7 Å². The molecule has 0 bridgehead atoms. The summed E-state index contributed by atoms with van der Waals surface area (Å²) in [5.74, 6) is 0. The van der Waals surface area contributed by atoms with Crippen LogP contribution in [0.2, 0.25) is 0 Å². The molecule has 25 heavy (non-hydrogen) atoms. The number of nitrogens with two attached hydrogens (primary N) is 1. The third-order valence-electron chi connectivity index (χ3n) is 4.44. The maximum atomic E-state index is 13.3. The SMILES string of the molecule is C=CCOCC(O)CC1(CC(O)COCC=C)NCC[N+]1([O-])CCN. The molecule has 0 spiro atoms. The Labute approximate surface area is 150 Å². The Hall–Kier alpha value is -0.840. The van der Waals surface area contributed by atoms with Gasteiger partial charge in [-0.1, -0.05) is 12.2 Å². The van der Waals surface area contributed by atoms with Crippen LogP contribution in [-0.2, 0) is 9.47 Å². The van der Waals surface area contributed by atoms with Gasteiger partial charge in [-0.15, -0.1) is 13.2 Å². The molecule has 1 saturated heterocycles. The van der Waals surface area contributed by atoms with E-state index in [1.807, 2.05) is 0 Å². The Kier molecular flexibility index (Phi) is 9.77. The number of aliphatic hydroxyl groups excluding tert-OH is 2. The summed E-state index contributed by atoms with van der Waals surface area (Å²) < 4.78 is 9.99. The van der Waals surface area contributed by atoms with Crippen molar-refractivity contribution in [2.75, 3.05) is 52.6 Å². The van der Waals surface area contributed by atoms with Crippen LogP contribution < -0.4 is 11.1 Å². The van der Waals surface area contributed by atoms with Gasteiger partial charge in [0.25, 0.3) is 0 Å². The molecule has 1 aliphatic rings. The first kappa shape index (κ1) is 22.2. The van der Waals surface area contributed by atoms with E-state index in [1.165, 1.54) is 0 Å². The second-order valence-corrected chi connectivity index (χ2v) is 6.45. The number of nitrogens with one attached hydrogen (secondary N) is 1. The third kappa shape index (κ3) is 6.43. The van der Waals surface area contributed by atoms with E-state index in [-0.39, 0.29) is 39.1 Å². The molecule has 1 aliphatic heterocycles. The van der Waals surface area contributed by atoms with Crippen LogP contribution in [-0.4, -0.2) is 85.3 Å². The Bertz CT molecular complexity index is 388. The Morgan fingerprint density at radius 2 is 1.68 bits per heavy atom. The van der Waals surface area contributed by atoms with Crippen molar-refractivity contribution in [2.24, 2.45) is 5.73 Å². The largest absolute Gasteiger partial charge is 0.631 e. The van der Waals surface area contributed by atoms with Gasteiger partial charge in [0.15, 0.2) is 5.66 Å². The van der Waals surface area contributed by atoms with Crippen LogP contribution in [0.1, 0.15) is 12.8 Å². The molecular formula is C17H33N3O5. The summed E-state index contributed by atoms with van der Waals surface area (Å²) in [7, 11) is 0. The highest BCUT2D eigenvalue weighted by Crippen LogP contribution is 2.35. The average Bonchev–Trinajstić information content (AvgIpc) is 2.84. The number of hydrogen-bond acceptors (Lipinski definition) is 7. The predicted molar refractivity (Wildman–Crippen MR) is 96.4 cm³/mol. The lowest BCUT2D eigenvalue weighted by molar-refractivity contribution is -0.921. The van der Waals surface area contributed by atoms with Crippen molar-refractivity contribution in [3.8, 4) is 0 Å². The second kappa shape index (κ2) is 11.0. The molecule has 1 rings (SSSR count). The molecule has 1 fully saturated rings. The van der Waals surface area contributed by atoms with Crippen LogP contribution in [0.25, 0.3) is 0 Å². The second-order valence-electron chi connectivity index (χ2n) is 6.45. The molecule has 0 aliphatic carbocycles. The minimum atomic E-state index is -1.02. The van der Waals surface area contributed by atoms with Gasteiger partial charge in [-0.3, -0.25) is 5.32 Å². The molecule has 8 nitrogen and oxygen atoms in total. The predicted octanol–water partition coefficient (Wildman–Crippen LogP) is -0.534. The fraction of sp³-hybridized carbons (Fsp3) is 0.765. The van der Waals surface area contributed by atoms with E-state index in [9.17, 15) is 15.4 Å². The maximum Gasteiger partial charge on any atom is 0.158 e. The summed E-state index contributed by atoms with van der Waals surface area (Å²) in [5.41, 5.74) is 4.61. The van der Waals surface area contributed by atoms with Gasteiger partial charge in [0, 0.05) is 19.4 Å². The minimum Gasteiger partial charge on any atom is -0.631 e. The monoisotopic (exact) mass is 359 g/mol. The van der Waals surface area contributed by atoms with Crippen LogP contribution in [0.15, 0.2) is 25.3 Å². The van der Waals surface area contributed by atoms with Crippen molar-refractivity contribution < 1.29 is 24.3 Å². The molecule has 0 aromatic heterocycles. The number of nitrogens with zero attached hydrogens (tertiary/aromatic N) is 1. The summed E-state index contributed by atoms with van der Waals surface area (Å²) in [5, 5.41) is 37.2. The lowest BCUT2D eigenvalue weighted by Crippen LogP contribution is -2.65. The van der Waals surface area contributed by atoms with E-state index < -0.39 is 22.5 Å². The minimum absolute atomic E-state index is 0.0983. The molecule has 3 unspecified atom stereocenters. The fourth-order valence-corrected chi connectivity index (χ4v) is 3.39. The number of hydrogen-bond donors (Lipinski definition) is 4. The zero-order valence-corrected chi connectivity index (χ0v) is 14.9. The van der Waals surface area contributed by atoms with Crippen LogP contribution in [0, 0.1) is 5.21 Å². The van der Waals surface area contributed by atoms with E-state index in [2.05, 4.69) is 18.5 Å². The summed E-state index contributed by atoms with van der Waals surface area (Å²) in [6, 6.07) is 0. The number of hydroxylamine groups is 3. The highest BCUT2D eigenvalue weighted by atomic mass is 16.6. The molecule has 0 amide bonds. The molecule has 0 saturated carbocycles. The van der Waals surface area contributed by atoms with Crippen LogP contribution in [0.3, 0.4) is 0 Å². The zero-order valence-electron chi connectivity index (χ0n) is 14.9. The van der Waals surface area contributed by atoms with Crippen molar-refractivity contribution >= 4 is 0 Å². The van der Waals surface area contributed by atoms with E-state index >= 15 is 0 Å². The summed E-state index contributed by atoms with van der Waals surface area (Å²) >= 11 is 0. The number of quaternary nitrogens is 1. The normalized spacial score (nSPS) is 28.6. The molecule has 0 radical (unpaired) electrons. The van der Waals surface area contributed by atoms with Gasteiger partial charge in [-0.2, -0.15) is 0 Å². The van der Waals surface area contributed by atoms with Gasteiger partial charge in [0.1, 0.15) is 0 Å². The van der Waals surface area contributed by atoms with Crippen LogP contribution >= 0.6 is 0 Å². The van der Waals surface area contributed by atoms with Gasteiger partial charge < -0.3 is 35.3 Å². The Morgan fingerprint density at radius 3 is 2.12 bits per heavy atom. The van der Waals surface area contributed by atoms with Gasteiger partial charge in [0.2, 0.25) is 0 Å². The van der Waals surface area contributed by atoms with Crippen molar-refractivity contribution in [3.63, 3.8) is 0 Å². The topological polar surface area (TPSA) is 120 Å². The first-order valence-corrected chi connectivity index (χ1v) is 8.69. The average molecular weight is 359 g/mol. The third-order valence-corrected chi connectivity index (χ3v) is 4.44. The number of ether oxygens (including phenoxy) is 2. The van der Waals surface area contributed by atoms with Gasteiger partial charge in [-0.25, -0.2) is 0 Å². The first-order chi connectivity index (χ1) is 11.9. The van der Waals surface area contributed by atoms with Crippen LogP contribution in [0.5, 0.6) is 0 Å². The molecule has 146 valence electrons. The Balaban J connectivity index is 2.82. The van der Waals surface area contributed by atoms with Crippen molar-refractivity contribution in [3.05, 3.63) is 30.5 Å². The first-order valence-electron chi connectivity index (χ1n) is 8.69. The lowest BCUT2D eigenvalue weighted by Gasteiger charge is -2.53. The van der Waals surface area contributed by atoms with E-state index in [0.717, 1.165) is 0 Å². The van der Waals surface area contributed by atoms with E-state index in [4.69, 9.17) is 15.2 Å². The molecule has 5 N–H and O–H groups in total. The highest BCUT2D eigenvalue weighted by molar-refractivity contribution is 4.90. The quantitative estimate of drug-likeness (QED) is 0.142. The van der Waals surface area contributed by atoms with Gasteiger partial charge in [-0.05, 0) is 0 Å². The molecule has 0 aromatic carbocycles. The lowest BCUT2D eigenvalue weighted by atomic mass is 9.93. The Morgan fingerprint density at radius 1 is 1.16 bits per heavy atom. The zero-order chi connectivity index (χ0) is 18.8. The van der Waals surface area contributed by atoms with Crippen molar-refractivity contribution in [1.82, 2.24) is 5.32 Å². The maximum absolute atomic E-state index is 13.3. The molecule has 1 heterocycles.